The molecule has 1 atom stereocenters. The van der Waals surface area contributed by atoms with Crippen molar-refractivity contribution in [3.05, 3.63) is 35.9 Å². The second-order valence-corrected chi connectivity index (χ2v) is 6.59. The Hall–Kier alpha value is -0.940. The maximum absolute atomic E-state index is 6.21. The van der Waals surface area contributed by atoms with Crippen LogP contribution in [0.5, 0.6) is 0 Å². The molecule has 4 heteroatoms. The molecule has 0 amide bonds. The van der Waals surface area contributed by atoms with Gasteiger partial charge in [-0.1, -0.05) is 44.2 Å². The van der Waals surface area contributed by atoms with E-state index in [0.717, 1.165) is 26.0 Å². The van der Waals surface area contributed by atoms with Crippen molar-refractivity contribution in [1.29, 1.82) is 0 Å². The van der Waals surface area contributed by atoms with Crippen molar-refractivity contribution < 1.29 is 9.47 Å². The molecule has 0 saturated carbocycles. The molecule has 118 valence electrons. The van der Waals surface area contributed by atoms with Gasteiger partial charge in [0.2, 0.25) is 0 Å². The maximum Gasteiger partial charge on any atom is 0.181 e. The summed E-state index contributed by atoms with van der Waals surface area (Å²) in [4.78, 5) is 0. The van der Waals surface area contributed by atoms with Gasteiger partial charge in [0.15, 0.2) is 5.79 Å². The van der Waals surface area contributed by atoms with Gasteiger partial charge in [-0.25, -0.2) is 0 Å². The SMILES string of the molecule is CC1(C)CCOC(CNCCN)(OCc2ccccc2)C1. The average molecular weight is 292 g/mol. The number of rotatable bonds is 7. The molecule has 1 saturated heterocycles. The molecule has 1 aliphatic heterocycles. The fraction of sp³-hybridized carbons (Fsp3) is 0.647. The van der Waals surface area contributed by atoms with E-state index in [0.29, 0.717) is 19.7 Å². The zero-order chi connectivity index (χ0) is 15.2. The second kappa shape index (κ2) is 7.36. The van der Waals surface area contributed by atoms with Crippen molar-refractivity contribution in [3.63, 3.8) is 0 Å². The molecular formula is C17H28N2O2. The van der Waals surface area contributed by atoms with E-state index < -0.39 is 5.79 Å². The largest absolute Gasteiger partial charge is 0.349 e. The Morgan fingerprint density at radius 1 is 1.29 bits per heavy atom. The molecule has 4 nitrogen and oxygen atoms in total. The Morgan fingerprint density at radius 2 is 2.05 bits per heavy atom. The van der Waals surface area contributed by atoms with E-state index in [1.807, 2.05) is 18.2 Å². The Labute approximate surface area is 128 Å². The smallest absolute Gasteiger partial charge is 0.181 e. The summed E-state index contributed by atoms with van der Waals surface area (Å²) in [5, 5.41) is 3.34. The fourth-order valence-electron chi connectivity index (χ4n) is 2.81. The van der Waals surface area contributed by atoms with Crippen LogP contribution in [0.3, 0.4) is 0 Å². The number of benzene rings is 1. The Morgan fingerprint density at radius 3 is 2.71 bits per heavy atom. The second-order valence-electron chi connectivity index (χ2n) is 6.59. The lowest BCUT2D eigenvalue weighted by molar-refractivity contribution is -0.277. The highest BCUT2D eigenvalue weighted by Crippen LogP contribution is 2.39. The number of ether oxygens (including phenoxy) is 2. The fourth-order valence-corrected chi connectivity index (χ4v) is 2.81. The highest BCUT2D eigenvalue weighted by molar-refractivity contribution is 5.13. The Bertz CT molecular complexity index is 422. The summed E-state index contributed by atoms with van der Waals surface area (Å²) in [6.45, 7) is 7.95. The topological polar surface area (TPSA) is 56.5 Å². The first-order valence-electron chi connectivity index (χ1n) is 7.78. The highest BCUT2D eigenvalue weighted by atomic mass is 16.7. The van der Waals surface area contributed by atoms with Gasteiger partial charge >= 0.3 is 0 Å². The van der Waals surface area contributed by atoms with Crippen LogP contribution in [0.4, 0.5) is 0 Å². The van der Waals surface area contributed by atoms with Crippen LogP contribution in [0, 0.1) is 5.41 Å². The van der Waals surface area contributed by atoms with Crippen LogP contribution in [-0.2, 0) is 16.1 Å². The van der Waals surface area contributed by atoms with Crippen LogP contribution in [0.25, 0.3) is 0 Å². The van der Waals surface area contributed by atoms with Gasteiger partial charge in [0.1, 0.15) is 0 Å². The van der Waals surface area contributed by atoms with Crippen molar-refractivity contribution in [1.82, 2.24) is 5.32 Å². The molecule has 3 N–H and O–H groups in total. The van der Waals surface area contributed by atoms with Crippen LogP contribution >= 0.6 is 0 Å². The summed E-state index contributed by atoms with van der Waals surface area (Å²) < 4.78 is 12.3. The molecule has 1 aromatic rings. The van der Waals surface area contributed by atoms with Crippen LogP contribution in [-0.4, -0.2) is 32.0 Å². The maximum atomic E-state index is 6.21. The molecule has 1 heterocycles. The van der Waals surface area contributed by atoms with Crippen molar-refractivity contribution >= 4 is 0 Å². The summed E-state index contributed by atoms with van der Waals surface area (Å²) in [7, 11) is 0. The predicted molar refractivity (Wildman–Crippen MR) is 84.9 cm³/mol. The molecule has 0 spiro atoms. The molecular weight excluding hydrogens is 264 g/mol. The lowest BCUT2D eigenvalue weighted by atomic mass is 9.80. The molecule has 1 fully saturated rings. The first-order valence-corrected chi connectivity index (χ1v) is 7.78. The summed E-state index contributed by atoms with van der Waals surface area (Å²) in [6.07, 6.45) is 1.96. The summed E-state index contributed by atoms with van der Waals surface area (Å²) in [5.41, 5.74) is 6.97. The zero-order valence-corrected chi connectivity index (χ0v) is 13.2. The lowest BCUT2D eigenvalue weighted by Crippen LogP contribution is -2.52. The minimum Gasteiger partial charge on any atom is -0.349 e. The van der Waals surface area contributed by atoms with Gasteiger partial charge < -0.3 is 20.5 Å². The number of hydrogen-bond donors (Lipinski definition) is 2. The number of nitrogens with two attached hydrogens (primary N) is 1. The van der Waals surface area contributed by atoms with Gasteiger partial charge in [-0.2, -0.15) is 0 Å². The van der Waals surface area contributed by atoms with Crippen molar-refractivity contribution in [3.8, 4) is 0 Å². The van der Waals surface area contributed by atoms with Gasteiger partial charge in [-0.15, -0.1) is 0 Å². The van der Waals surface area contributed by atoms with Crippen molar-refractivity contribution in [2.24, 2.45) is 11.1 Å². The first kappa shape index (κ1) is 16.4. The quantitative estimate of drug-likeness (QED) is 0.757. The monoisotopic (exact) mass is 292 g/mol. The van der Waals surface area contributed by atoms with Gasteiger partial charge in [-0.3, -0.25) is 0 Å². The van der Waals surface area contributed by atoms with E-state index in [4.69, 9.17) is 15.2 Å². The third-order valence-corrected chi connectivity index (χ3v) is 3.95. The molecule has 0 radical (unpaired) electrons. The van der Waals surface area contributed by atoms with Crippen molar-refractivity contribution in [2.45, 2.75) is 39.1 Å². The van der Waals surface area contributed by atoms with Crippen molar-refractivity contribution in [2.75, 3.05) is 26.2 Å². The van der Waals surface area contributed by atoms with Crippen LogP contribution in [0.1, 0.15) is 32.3 Å². The first-order chi connectivity index (χ1) is 10.1. The van der Waals surface area contributed by atoms with Gasteiger partial charge in [0.05, 0.1) is 13.2 Å². The van der Waals surface area contributed by atoms with E-state index in [9.17, 15) is 0 Å². The Balaban J connectivity index is 2.01. The van der Waals surface area contributed by atoms with Gasteiger partial charge in [0, 0.05) is 26.1 Å². The zero-order valence-electron chi connectivity index (χ0n) is 13.2. The molecule has 0 bridgehead atoms. The van der Waals surface area contributed by atoms with Crippen LogP contribution in [0.2, 0.25) is 0 Å². The number of hydrogen-bond acceptors (Lipinski definition) is 4. The molecule has 2 rings (SSSR count). The van der Waals surface area contributed by atoms with E-state index >= 15 is 0 Å². The van der Waals surface area contributed by atoms with Crippen LogP contribution in [0.15, 0.2) is 30.3 Å². The predicted octanol–water partition coefficient (Wildman–Crippen LogP) is 2.28. The molecule has 21 heavy (non-hydrogen) atoms. The van der Waals surface area contributed by atoms with E-state index in [1.54, 1.807) is 0 Å². The summed E-state index contributed by atoms with van der Waals surface area (Å²) >= 11 is 0. The molecule has 1 aliphatic rings. The Kier molecular flexibility index (Phi) is 5.76. The van der Waals surface area contributed by atoms with E-state index in [1.165, 1.54) is 5.56 Å². The number of nitrogens with one attached hydrogen (secondary N) is 1. The molecule has 0 aliphatic carbocycles. The van der Waals surface area contributed by atoms with Gasteiger partial charge in [0.25, 0.3) is 0 Å². The minimum atomic E-state index is -0.549. The highest BCUT2D eigenvalue weighted by Gasteiger charge is 2.42. The third-order valence-electron chi connectivity index (χ3n) is 3.95. The van der Waals surface area contributed by atoms with Crippen LogP contribution < -0.4 is 11.1 Å². The van der Waals surface area contributed by atoms with Gasteiger partial charge in [-0.05, 0) is 17.4 Å². The molecule has 1 unspecified atom stereocenters. The summed E-state index contributed by atoms with van der Waals surface area (Å²) in [6, 6.07) is 10.2. The standard InChI is InChI=1S/C17H28N2O2/c1-16(2)8-11-20-17(13-16,14-19-10-9-18)21-12-15-6-4-3-5-7-15/h3-7,19H,8-14,18H2,1-2H3. The third kappa shape index (κ3) is 5.08. The van der Waals surface area contributed by atoms with E-state index in [2.05, 4.69) is 31.3 Å². The van der Waals surface area contributed by atoms with E-state index in [-0.39, 0.29) is 5.41 Å². The normalized spacial score (nSPS) is 24.9. The average Bonchev–Trinajstić information content (AvgIpc) is 2.46. The minimum absolute atomic E-state index is 0.235. The summed E-state index contributed by atoms with van der Waals surface area (Å²) in [5.74, 6) is -0.549. The lowest BCUT2D eigenvalue weighted by Gasteiger charge is -2.44. The molecule has 1 aromatic carbocycles. The molecule has 0 aromatic heterocycles.